The lowest BCUT2D eigenvalue weighted by Crippen LogP contribution is -2.13. The van der Waals surface area contributed by atoms with Crippen LogP contribution in [-0.4, -0.2) is 19.0 Å². The second-order valence-electron chi connectivity index (χ2n) is 6.36. The molecule has 7 heteroatoms. The van der Waals surface area contributed by atoms with Crippen LogP contribution in [0.25, 0.3) is 0 Å². The third kappa shape index (κ3) is 4.43. The first-order valence-corrected chi connectivity index (χ1v) is 10.3. The van der Waals surface area contributed by atoms with Crippen molar-refractivity contribution >= 4 is 39.6 Å². The van der Waals surface area contributed by atoms with Gasteiger partial charge in [0.1, 0.15) is 17.4 Å². The lowest BCUT2D eigenvalue weighted by Gasteiger charge is -2.05. The summed E-state index contributed by atoms with van der Waals surface area (Å²) in [5.41, 5.74) is 3.29. The smallest absolute Gasteiger partial charge is 0.341 e. The maximum absolute atomic E-state index is 12.6. The standard InChI is InChI=1S/C21H21NO4S2/c1-12-6-5-7-16(8-12)26-10-15-9-17(27-11-15)19(23)22-20-18(21(24)25-4)13(2)14(3)28-20/h5-9,11H,10H2,1-4H3,(H,22,23). The van der Waals surface area contributed by atoms with E-state index >= 15 is 0 Å². The molecule has 1 N–H and O–H groups in total. The molecule has 5 nitrogen and oxygen atoms in total. The molecule has 0 radical (unpaired) electrons. The Morgan fingerprint density at radius 3 is 2.64 bits per heavy atom. The highest BCUT2D eigenvalue weighted by atomic mass is 32.1. The number of benzene rings is 1. The van der Waals surface area contributed by atoms with E-state index in [4.69, 9.17) is 9.47 Å². The highest BCUT2D eigenvalue weighted by Crippen LogP contribution is 2.33. The highest BCUT2D eigenvalue weighted by Gasteiger charge is 2.22. The third-order valence-electron chi connectivity index (χ3n) is 4.27. The topological polar surface area (TPSA) is 64.6 Å². The van der Waals surface area contributed by atoms with Crippen LogP contribution in [0.5, 0.6) is 5.75 Å². The van der Waals surface area contributed by atoms with Gasteiger partial charge in [0.05, 0.1) is 17.6 Å². The molecule has 0 unspecified atom stereocenters. The van der Waals surface area contributed by atoms with Crippen LogP contribution in [0.3, 0.4) is 0 Å². The third-order valence-corrected chi connectivity index (χ3v) is 6.37. The SMILES string of the molecule is COC(=O)c1c(NC(=O)c2cc(COc3cccc(C)c3)cs2)sc(C)c1C. The zero-order valence-corrected chi connectivity index (χ0v) is 17.8. The van der Waals surface area contributed by atoms with E-state index in [-0.39, 0.29) is 5.91 Å². The summed E-state index contributed by atoms with van der Waals surface area (Å²) < 4.78 is 10.6. The second-order valence-corrected chi connectivity index (χ2v) is 8.49. The van der Waals surface area contributed by atoms with E-state index in [1.165, 1.54) is 29.8 Å². The van der Waals surface area contributed by atoms with E-state index in [9.17, 15) is 9.59 Å². The first-order valence-electron chi connectivity index (χ1n) is 8.65. The largest absolute Gasteiger partial charge is 0.489 e. The molecule has 0 spiro atoms. The van der Waals surface area contributed by atoms with Gasteiger partial charge in [-0.3, -0.25) is 4.79 Å². The fourth-order valence-electron chi connectivity index (χ4n) is 2.67. The van der Waals surface area contributed by atoms with Crippen molar-refractivity contribution in [3.8, 4) is 5.75 Å². The molecule has 2 heterocycles. The predicted molar refractivity (Wildman–Crippen MR) is 113 cm³/mol. The van der Waals surface area contributed by atoms with Gasteiger partial charge in [0.15, 0.2) is 0 Å². The summed E-state index contributed by atoms with van der Waals surface area (Å²) in [6.45, 7) is 6.15. The molecule has 0 saturated heterocycles. The first kappa shape index (κ1) is 20.1. The van der Waals surface area contributed by atoms with Gasteiger partial charge in [-0.05, 0) is 55.5 Å². The Labute approximate surface area is 171 Å². The van der Waals surface area contributed by atoms with Crippen LogP contribution in [0, 0.1) is 20.8 Å². The summed E-state index contributed by atoms with van der Waals surface area (Å²) in [4.78, 5) is 26.2. The normalized spacial score (nSPS) is 10.6. The first-order chi connectivity index (χ1) is 13.4. The summed E-state index contributed by atoms with van der Waals surface area (Å²) in [5, 5.41) is 5.26. The second kappa shape index (κ2) is 8.58. The molecule has 0 saturated carbocycles. The molecular weight excluding hydrogens is 394 g/mol. The van der Waals surface area contributed by atoms with Crippen LogP contribution in [0.2, 0.25) is 0 Å². The van der Waals surface area contributed by atoms with Crippen LogP contribution in [0.4, 0.5) is 5.00 Å². The number of esters is 1. The molecule has 28 heavy (non-hydrogen) atoms. The van der Waals surface area contributed by atoms with Gasteiger partial charge in [-0.1, -0.05) is 12.1 Å². The Kier molecular flexibility index (Phi) is 6.16. The van der Waals surface area contributed by atoms with Crippen LogP contribution in [0.1, 0.15) is 41.6 Å². The zero-order chi connectivity index (χ0) is 20.3. The minimum atomic E-state index is -0.449. The molecule has 0 bridgehead atoms. The van der Waals surface area contributed by atoms with Crippen molar-refractivity contribution < 1.29 is 19.1 Å². The minimum absolute atomic E-state index is 0.252. The van der Waals surface area contributed by atoms with Crippen molar-refractivity contribution in [2.75, 3.05) is 12.4 Å². The van der Waals surface area contributed by atoms with E-state index in [0.29, 0.717) is 22.0 Å². The van der Waals surface area contributed by atoms with Gasteiger partial charge in [-0.25, -0.2) is 4.79 Å². The molecule has 146 valence electrons. The van der Waals surface area contributed by atoms with E-state index in [2.05, 4.69) is 5.32 Å². The fourth-order valence-corrected chi connectivity index (χ4v) is 4.51. The van der Waals surface area contributed by atoms with Crippen molar-refractivity contribution in [1.82, 2.24) is 0 Å². The van der Waals surface area contributed by atoms with Gasteiger partial charge < -0.3 is 14.8 Å². The van der Waals surface area contributed by atoms with Gasteiger partial charge in [0, 0.05) is 10.4 Å². The molecule has 2 aromatic heterocycles. The maximum Gasteiger partial charge on any atom is 0.341 e. The number of thiophene rings is 2. The van der Waals surface area contributed by atoms with Crippen LogP contribution >= 0.6 is 22.7 Å². The molecule has 1 amide bonds. The van der Waals surface area contributed by atoms with Crippen LogP contribution in [-0.2, 0) is 11.3 Å². The lowest BCUT2D eigenvalue weighted by molar-refractivity contribution is 0.0601. The molecular formula is C21H21NO4S2. The Morgan fingerprint density at radius 2 is 1.93 bits per heavy atom. The lowest BCUT2D eigenvalue weighted by atomic mass is 10.1. The average Bonchev–Trinajstić information content (AvgIpc) is 3.25. The highest BCUT2D eigenvalue weighted by molar-refractivity contribution is 7.17. The zero-order valence-electron chi connectivity index (χ0n) is 16.1. The van der Waals surface area contributed by atoms with E-state index < -0.39 is 5.97 Å². The van der Waals surface area contributed by atoms with Crippen molar-refractivity contribution in [3.05, 3.63) is 67.7 Å². The van der Waals surface area contributed by atoms with E-state index in [0.717, 1.165) is 27.3 Å². The van der Waals surface area contributed by atoms with E-state index in [1.807, 2.05) is 50.4 Å². The number of amides is 1. The fraction of sp³-hybridized carbons (Fsp3) is 0.238. The van der Waals surface area contributed by atoms with Gasteiger partial charge in [-0.2, -0.15) is 0 Å². The predicted octanol–water partition coefficient (Wildman–Crippen LogP) is 5.35. The van der Waals surface area contributed by atoms with Crippen LogP contribution < -0.4 is 10.1 Å². The van der Waals surface area contributed by atoms with Crippen molar-refractivity contribution in [3.63, 3.8) is 0 Å². The molecule has 1 aromatic carbocycles. The number of nitrogens with one attached hydrogen (secondary N) is 1. The molecule has 0 atom stereocenters. The Bertz CT molecular complexity index is 1020. The van der Waals surface area contributed by atoms with Gasteiger partial charge >= 0.3 is 5.97 Å². The number of carbonyl (C=O) groups is 2. The maximum atomic E-state index is 12.6. The number of hydrogen-bond donors (Lipinski definition) is 1. The molecule has 0 fully saturated rings. The summed E-state index contributed by atoms with van der Waals surface area (Å²) in [5.74, 6) is 0.0956. The Hall–Kier alpha value is -2.64. The van der Waals surface area contributed by atoms with E-state index in [1.54, 1.807) is 6.07 Å². The Balaban J connectivity index is 1.69. The Morgan fingerprint density at radius 1 is 1.14 bits per heavy atom. The van der Waals surface area contributed by atoms with Gasteiger partial charge in [0.25, 0.3) is 5.91 Å². The quantitative estimate of drug-likeness (QED) is 0.551. The average molecular weight is 416 g/mol. The molecule has 3 aromatic rings. The summed E-state index contributed by atoms with van der Waals surface area (Å²) in [7, 11) is 1.33. The minimum Gasteiger partial charge on any atom is -0.489 e. The van der Waals surface area contributed by atoms with Crippen molar-refractivity contribution in [2.45, 2.75) is 27.4 Å². The summed E-state index contributed by atoms with van der Waals surface area (Å²) >= 11 is 2.71. The molecule has 0 aliphatic rings. The number of hydrogen-bond acceptors (Lipinski definition) is 6. The van der Waals surface area contributed by atoms with Crippen LogP contribution in [0.15, 0.2) is 35.7 Å². The number of anilines is 1. The number of methoxy groups -OCH3 is 1. The summed E-state index contributed by atoms with van der Waals surface area (Å²) in [6, 6.07) is 9.64. The van der Waals surface area contributed by atoms with Crippen molar-refractivity contribution in [1.29, 1.82) is 0 Å². The number of ether oxygens (including phenoxy) is 2. The number of carbonyl (C=O) groups excluding carboxylic acids is 2. The molecule has 3 rings (SSSR count). The number of aryl methyl sites for hydroxylation is 2. The molecule has 0 aliphatic heterocycles. The molecule has 0 aliphatic carbocycles. The van der Waals surface area contributed by atoms with Gasteiger partial charge in [0.2, 0.25) is 0 Å². The number of rotatable bonds is 6. The monoisotopic (exact) mass is 415 g/mol. The van der Waals surface area contributed by atoms with Crippen molar-refractivity contribution in [2.24, 2.45) is 0 Å². The summed E-state index contributed by atoms with van der Waals surface area (Å²) in [6.07, 6.45) is 0. The van der Waals surface area contributed by atoms with Gasteiger partial charge in [-0.15, -0.1) is 22.7 Å².